The highest BCUT2D eigenvalue weighted by atomic mass is 16.1. The smallest absolute Gasteiger partial charge is 0.252 e. The monoisotopic (exact) mass is 392 g/mol. The number of nitrogens with zero attached hydrogens (tertiary/aromatic N) is 4. The second-order valence-electron chi connectivity index (χ2n) is 7.38. The van der Waals surface area contributed by atoms with Gasteiger partial charge in [0.15, 0.2) is 0 Å². The lowest BCUT2D eigenvalue weighted by atomic mass is 10.0. The summed E-state index contributed by atoms with van der Waals surface area (Å²) in [5, 5.41) is 3.12. The summed E-state index contributed by atoms with van der Waals surface area (Å²) in [6, 6.07) is 9.25. The molecular formula is C21H24N6O2. The normalized spacial score (nSPS) is 14.7. The first-order chi connectivity index (χ1) is 14.1. The van der Waals surface area contributed by atoms with Gasteiger partial charge in [-0.3, -0.25) is 14.6 Å². The van der Waals surface area contributed by atoms with Crippen molar-refractivity contribution in [3.05, 3.63) is 76.2 Å². The van der Waals surface area contributed by atoms with E-state index in [1.165, 1.54) is 6.07 Å². The van der Waals surface area contributed by atoms with Gasteiger partial charge in [0.2, 0.25) is 5.95 Å². The molecular weight excluding hydrogens is 368 g/mol. The number of H-pyrrole nitrogens is 1. The Hall–Kier alpha value is -3.42. The van der Waals surface area contributed by atoms with E-state index in [9.17, 15) is 9.59 Å². The van der Waals surface area contributed by atoms with Gasteiger partial charge in [-0.2, -0.15) is 0 Å². The molecule has 1 fully saturated rings. The number of benzene rings is 1. The van der Waals surface area contributed by atoms with E-state index >= 15 is 0 Å². The standard InChI is InChI=1S/C21H24N6O2/c1-15-12-19(28)25-21(23-15)27-9-6-18(7-10-27)24-20(29)17-4-2-16(3-5-17)13-26-11-8-22-14-26/h2-5,8,11-12,14,18H,6-7,9-10,13H2,1H3,(H,24,29)(H,23,25,28). The quantitative estimate of drug-likeness (QED) is 0.689. The maximum Gasteiger partial charge on any atom is 0.252 e. The zero-order chi connectivity index (χ0) is 20.2. The van der Waals surface area contributed by atoms with E-state index in [1.54, 1.807) is 12.5 Å². The van der Waals surface area contributed by atoms with E-state index in [0.29, 0.717) is 17.2 Å². The molecule has 1 saturated heterocycles. The minimum Gasteiger partial charge on any atom is -0.349 e. The molecule has 3 heterocycles. The van der Waals surface area contributed by atoms with Crippen molar-refractivity contribution in [1.82, 2.24) is 24.8 Å². The van der Waals surface area contributed by atoms with Crippen LogP contribution in [0.4, 0.5) is 5.95 Å². The lowest BCUT2D eigenvalue weighted by Gasteiger charge is -2.32. The van der Waals surface area contributed by atoms with E-state index in [4.69, 9.17) is 0 Å². The molecule has 0 unspecified atom stereocenters. The molecule has 0 aliphatic carbocycles. The van der Waals surface area contributed by atoms with E-state index in [0.717, 1.165) is 38.0 Å². The third-order valence-electron chi connectivity index (χ3n) is 5.13. The topological polar surface area (TPSA) is 95.9 Å². The lowest BCUT2D eigenvalue weighted by Crippen LogP contribution is -2.45. The first-order valence-corrected chi connectivity index (χ1v) is 9.75. The van der Waals surface area contributed by atoms with Crippen LogP contribution < -0.4 is 15.8 Å². The Kier molecular flexibility index (Phi) is 5.41. The maximum absolute atomic E-state index is 12.6. The summed E-state index contributed by atoms with van der Waals surface area (Å²) in [7, 11) is 0. The highest BCUT2D eigenvalue weighted by Crippen LogP contribution is 2.16. The number of aromatic nitrogens is 4. The Labute approximate surface area is 168 Å². The van der Waals surface area contributed by atoms with Crippen molar-refractivity contribution in [3.63, 3.8) is 0 Å². The van der Waals surface area contributed by atoms with Gasteiger partial charge in [0, 0.05) is 55.4 Å². The van der Waals surface area contributed by atoms with Crippen LogP contribution in [0.3, 0.4) is 0 Å². The zero-order valence-electron chi connectivity index (χ0n) is 16.3. The number of carbonyl (C=O) groups excluding carboxylic acids is 1. The minimum atomic E-state index is -0.139. The van der Waals surface area contributed by atoms with Crippen molar-refractivity contribution in [3.8, 4) is 0 Å². The summed E-state index contributed by atoms with van der Waals surface area (Å²) < 4.78 is 1.99. The van der Waals surface area contributed by atoms with Gasteiger partial charge in [-0.05, 0) is 37.5 Å². The molecule has 8 nitrogen and oxygen atoms in total. The van der Waals surface area contributed by atoms with Gasteiger partial charge in [-0.15, -0.1) is 0 Å². The summed E-state index contributed by atoms with van der Waals surface area (Å²) in [4.78, 5) is 37.5. The van der Waals surface area contributed by atoms with Gasteiger partial charge in [-0.1, -0.05) is 12.1 Å². The third kappa shape index (κ3) is 4.71. The van der Waals surface area contributed by atoms with Crippen LogP contribution in [0.1, 0.15) is 34.5 Å². The number of anilines is 1. The molecule has 0 spiro atoms. The van der Waals surface area contributed by atoms with Crippen molar-refractivity contribution in [2.75, 3.05) is 18.0 Å². The van der Waals surface area contributed by atoms with E-state index in [1.807, 2.05) is 42.0 Å². The fourth-order valence-corrected chi connectivity index (χ4v) is 3.57. The molecule has 1 aliphatic rings. The van der Waals surface area contributed by atoms with Gasteiger partial charge in [0.1, 0.15) is 0 Å². The Morgan fingerprint density at radius 3 is 2.66 bits per heavy atom. The molecule has 3 aromatic rings. The van der Waals surface area contributed by atoms with Gasteiger partial charge in [0.05, 0.1) is 6.33 Å². The van der Waals surface area contributed by atoms with Crippen LogP contribution in [0.15, 0.2) is 53.8 Å². The number of piperidine rings is 1. The number of rotatable bonds is 5. The molecule has 0 saturated carbocycles. The highest BCUT2D eigenvalue weighted by Gasteiger charge is 2.22. The molecule has 0 atom stereocenters. The number of aromatic amines is 1. The van der Waals surface area contributed by atoms with Gasteiger partial charge in [0.25, 0.3) is 11.5 Å². The van der Waals surface area contributed by atoms with E-state index in [-0.39, 0.29) is 17.5 Å². The molecule has 150 valence electrons. The number of carbonyl (C=O) groups is 1. The summed E-state index contributed by atoms with van der Waals surface area (Å²) in [5.41, 5.74) is 2.34. The molecule has 4 rings (SSSR count). The van der Waals surface area contributed by atoms with Crippen LogP contribution in [0.25, 0.3) is 0 Å². The molecule has 1 aliphatic heterocycles. The van der Waals surface area contributed by atoms with Crippen LogP contribution in [0.2, 0.25) is 0 Å². The minimum absolute atomic E-state index is 0.0558. The average Bonchev–Trinajstić information content (AvgIpc) is 3.21. The molecule has 2 aromatic heterocycles. The number of nitrogens with one attached hydrogen (secondary N) is 2. The van der Waals surface area contributed by atoms with E-state index < -0.39 is 0 Å². The van der Waals surface area contributed by atoms with Crippen molar-refractivity contribution in [2.24, 2.45) is 0 Å². The summed E-state index contributed by atoms with van der Waals surface area (Å²) in [6.07, 6.45) is 7.05. The first-order valence-electron chi connectivity index (χ1n) is 9.75. The van der Waals surface area contributed by atoms with Crippen molar-refractivity contribution in [1.29, 1.82) is 0 Å². The maximum atomic E-state index is 12.6. The Morgan fingerprint density at radius 1 is 1.24 bits per heavy atom. The Balaban J connectivity index is 1.31. The van der Waals surface area contributed by atoms with Crippen LogP contribution in [0, 0.1) is 6.92 Å². The van der Waals surface area contributed by atoms with Gasteiger partial charge in [-0.25, -0.2) is 9.97 Å². The molecule has 0 bridgehead atoms. The molecule has 29 heavy (non-hydrogen) atoms. The molecule has 1 aromatic carbocycles. The van der Waals surface area contributed by atoms with Crippen LogP contribution >= 0.6 is 0 Å². The first kappa shape index (κ1) is 18.9. The number of hydrogen-bond donors (Lipinski definition) is 2. The number of hydrogen-bond acceptors (Lipinski definition) is 5. The number of amides is 1. The third-order valence-corrected chi connectivity index (χ3v) is 5.13. The molecule has 0 radical (unpaired) electrons. The van der Waals surface area contributed by atoms with Gasteiger partial charge >= 0.3 is 0 Å². The van der Waals surface area contributed by atoms with Crippen molar-refractivity contribution < 1.29 is 4.79 Å². The molecule has 1 amide bonds. The fourth-order valence-electron chi connectivity index (χ4n) is 3.57. The van der Waals surface area contributed by atoms with E-state index in [2.05, 4.69) is 25.2 Å². The Morgan fingerprint density at radius 2 is 2.00 bits per heavy atom. The van der Waals surface area contributed by atoms with Crippen LogP contribution in [-0.4, -0.2) is 44.6 Å². The van der Waals surface area contributed by atoms with Crippen LogP contribution in [-0.2, 0) is 6.54 Å². The lowest BCUT2D eigenvalue weighted by molar-refractivity contribution is 0.0931. The molecule has 2 N–H and O–H groups in total. The van der Waals surface area contributed by atoms with Crippen molar-refractivity contribution >= 4 is 11.9 Å². The summed E-state index contributed by atoms with van der Waals surface area (Å²) in [5.74, 6) is 0.549. The second-order valence-corrected chi connectivity index (χ2v) is 7.38. The van der Waals surface area contributed by atoms with Crippen molar-refractivity contribution in [2.45, 2.75) is 32.4 Å². The highest BCUT2D eigenvalue weighted by molar-refractivity contribution is 5.94. The summed E-state index contributed by atoms with van der Waals surface area (Å²) in [6.45, 7) is 4.02. The van der Waals surface area contributed by atoms with Gasteiger partial charge < -0.3 is 14.8 Å². The fraction of sp³-hybridized carbons (Fsp3) is 0.333. The second kappa shape index (κ2) is 8.30. The average molecular weight is 392 g/mol. The predicted octanol–water partition coefficient (Wildman–Crippen LogP) is 1.72. The largest absolute Gasteiger partial charge is 0.349 e. The SMILES string of the molecule is Cc1cc(=O)[nH]c(N2CCC(NC(=O)c3ccc(Cn4ccnc4)cc3)CC2)n1. The number of imidazole rings is 1. The Bertz CT molecular complexity index is 1020. The predicted molar refractivity (Wildman–Crippen MR) is 110 cm³/mol. The molecule has 8 heteroatoms. The zero-order valence-corrected chi connectivity index (χ0v) is 16.3. The van der Waals surface area contributed by atoms with Crippen LogP contribution in [0.5, 0.6) is 0 Å². The number of aryl methyl sites for hydroxylation is 1. The summed E-state index contributed by atoms with van der Waals surface area (Å²) >= 11 is 0.